The van der Waals surface area contributed by atoms with Crippen molar-refractivity contribution in [1.82, 2.24) is 9.55 Å². The van der Waals surface area contributed by atoms with Gasteiger partial charge < -0.3 is 15.0 Å². The molecule has 0 saturated heterocycles. The molecule has 0 aliphatic carbocycles. The fraction of sp³-hybridized carbons (Fsp3) is 0.250. The Morgan fingerprint density at radius 2 is 2.00 bits per heavy atom. The fourth-order valence-electron chi connectivity index (χ4n) is 1.70. The fourth-order valence-corrected chi connectivity index (χ4v) is 1.70. The second-order valence-corrected chi connectivity index (χ2v) is 3.72. The molecule has 4 nitrogen and oxygen atoms in total. The van der Waals surface area contributed by atoms with E-state index in [9.17, 15) is 0 Å². The van der Waals surface area contributed by atoms with Crippen LogP contribution >= 0.6 is 0 Å². The predicted molar refractivity (Wildman–Crippen MR) is 60.9 cm³/mol. The van der Waals surface area contributed by atoms with Gasteiger partial charge in [-0.1, -0.05) is 0 Å². The Morgan fingerprint density at radius 1 is 1.31 bits per heavy atom. The molecule has 0 aliphatic rings. The lowest BCUT2D eigenvalue weighted by Crippen LogP contribution is -2.54. The zero-order valence-electron chi connectivity index (χ0n) is 9.55. The summed E-state index contributed by atoms with van der Waals surface area (Å²) >= 11 is 0. The quantitative estimate of drug-likeness (QED) is 0.827. The number of imidazole rings is 1. The Balaban J connectivity index is 2.27. The first kappa shape index (κ1) is 10.7. The van der Waals surface area contributed by atoms with Crippen molar-refractivity contribution in [3.63, 3.8) is 0 Å². The second kappa shape index (κ2) is 4.37. The molecule has 0 bridgehead atoms. The third kappa shape index (κ3) is 1.92. The van der Waals surface area contributed by atoms with E-state index in [1.165, 1.54) is 0 Å². The van der Waals surface area contributed by atoms with Gasteiger partial charge in [-0.3, -0.25) is 0 Å². The summed E-state index contributed by atoms with van der Waals surface area (Å²) in [4.78, 5) is 4.30. The number of benzene rings is 1. The average molecular weight is 218 g/mol. The number of rotatable bonds is 3. The van der Waals surface area contributed by atoms with Crippen LogP contribution in [0.2, 0.25) is 0 Å². The number of hydrogen-bond acceptors (Lipinski definition) is 2. The number of methoxy groups -OCH3 is 1. The van der Waals surface area contributed by atoms with E-state index in [2.05, 4.69) is 10.7 Å². The average Bonchev–Trinajstić information content (AvgIpc) is 2.75. The van der Waals surface area contributed by atoms with Gasteiger partial charge in [0.1, 0.15) is 5.75 Å². The van der Waals surface area contributed by atoms with Gasteiger partial charge in [0, 0.05) is 25.0 Å². The Bertz CT molecular complexity index is 461. The minimum atomic E-state index is 0.0471. The number of aromatic nitrogens is 2. The van der Waals surface area contributed by atoms with Gasteiger partial charge in [0.2, 0.25) is 0 Å². The molecule has 0 radical (unpaired) electrons. The lowest BCUT2D eigenvalue weighted by atomic mass is 10.1. The van der Waals surface area contributed by atoms with E-state index in [0.717, 1.165) is 17.1 Å². The molecule has 0 spiro atoms. The summed E-state index contributed by atoms with van der Waals surface area (Å²) in [6, 6.07) is 7.97. The Kier molecular flexibility index (Phi) is 2.92. The van der Waals surface area contributed by atoms with Crippen molar-refractivity contribution < 1.29 is 10.5 Å². The summed E-state index contributed by atoms with van der Waals surface area (Å²) in [7, 11) is 3.64. The minimum absolute atomic E-state index is 0.0471. The second-order valence-electron chi connectivity index (χ2n) is 3.72. The van der Waals surface area contributed by atoms with E-state index in [1.54, 1.807) is 13.3 Å². The van der Waals surface area contributed by atoms with Gasteiger partial charge in [-0.05, 0) is 24.3 Å². The van der Waals surface area contributed by atoms with Crippen molar-refractivity contribution >= 4 is 0 Å². The van der Waals surface area contributed by atoms with Crippen LogP contribution in [-0.4, -0.2) is 16.7 Å². The standard InChI is InChI=1S/C12H15N3O/c1-15-8-7-14-12(15)11(13)9-3-5-10(16-2)6-4-9/h3-8,11H,13H2,1-2H3/p+1/t11-/m1/s1. The number of aryl methyl sites for hydroxylation is 1. The van der Waals surface area contributed by atoms with E-state index in [-0.39, 0.29) is 6.04 Å². The maximum atomic E-state index is 5.12. The van der Waals surface area contributed by atoms with E-state index in [1.807, 2.05) is 42.1 Å². The van der Waals surface area contributed by atoms with E-state index >= 15 is 0 Å². The van der Waals surface area contributed by atoms with E-state index < -0.39 is 0 Å². The maximum Gasteiger partial charge on any atom is 0.172 e. The van der Waals surface area contributed by atoms with Crippen molar-refractivity contribution in [2.24, 2.45) is 7.05 Å². The lowest BCUT2D eigenvalue weighted by Gasteiger charge is -2.09. The van der Waals surface area contributed by atoms with Crippen LogP contribution in [0.1, 0.15) is 17.4 Å². The van der Waals surface area contributed by atoms with Gasteiger partial charge in [0.25, 0.3) is 0 Å². The zero-order valence-corrected chi connectivity index (χ0v) is 9.55. The lowest BCUT2D eigenvalue weighted by molar-refractivity contribution is -0.414. The van der Waals surface area contributed by atoms with Gasteiger partial charge in [0.15, 0.2) is 11.9 Å². The summed E-state index contributed by atoms with van der Waals surface area (Å²) in [5, 5.41) is 0. The molecular weight excluding hydrogens is 202 g/mol. The first-order valence-electron chi connectivity index (χ1n) is 5.16. The molecule has 1 aromatic carbocycles. The molecule has 0 unspecified atom stereocenters. The van der Waals surface area contributed by atoms with Gasteiger partial charge in [0.05, 0.1) is 7.11 Å². The molecule has 4 heteroatoms. The van der Waals surface area contributed by atoms with Crippen LogP contribution < -0.4 is 10.5 Å². The molecule has 2 rings (SSSR count). The van der Waals surface area contributed by atoms with Crippen LogP contribution in [-0.2, 0) is 7.05 Å². The molecule has 0 amide bonds. The molecule has 1 atom stereocenters. The Hall–Kier alpha value is -1.81. The summed E-state index contributed by atoms with van der Waals surface area (Å²) in [6.07, 6.45) is 3.72. The monoisotopic (exact) mass is 218 g/mol. The SMILES string of the molecule is COc1ccc([C@@H]([NH3+])c2nccn2C)cc1. The third-order valence-electron chi connectivity index (χ3n) is 2.69. The van der Waals surface area contributed by atoms with Gasteiger partial charge >= 0.3 is 0 Å². The summed E-state index contributed by atoms with van der Waals surface area (Å²) in [5.74, 6) is 1.82. The third-order valence-corrected chi connectivity index (χ3v) is 2.69. The van der Waals surface area contributed by atoms with Gasteiger partial charge in [-0.15, -0.1) is 0 Å². The van der Waals surface area contributed by atoms with Crippen molar-refractivity contribution in [2.75, 3.05) is 7.11 Å². The largest absolute Gasteiger partial charge is 0.497 e. The molecule has 0 aliphatic heterocycles. The topological polar surface area (TPSA) is 54.7 Å². The highest BCUT2D eigenvalue weighted by molar-refractivity contribution is 5.30. The Labute approximate surface area is 94.7 Å². The van der Waals surface area contributed by atoms with Crippen molar-refractivity contribution in [3.8, 4) is 5.75 Å². The molecule has 0 saturated carbocycles. The number of nitrogens with zero attached hydrogens (tertiary/aromatic N) is 2. The van der Waals surface area contributed by atoms with Crippen LogP contribution in [0.5, 0.6) is 5.75 Å². The smallest absolute Gasteiger partial charge is 0.172 e. The van der Waals surface area contributed by atoms with Crippen LogP contribution in [0.3, 0.4) is 0 Å². The highest BCUT2D eigenvalue weighted by atomic mass is 16.5. The zero-order chi connectivity index (χ0) is 11.5. The van der Waals surface area contributed by atoms with Crippen molar-refractivity contribution in [2.45, 2.75) is 6.04 Å². The molecule has 1 aromatic heterocycles. The molecule has 16 heavy (non-hydrogen) atoms. The summed E-state index contributed by atoms with van der Waals surface area (Å²) in [6.45, 7) is 0. The normalized spacial score (nSPS) is 12.4. The van der Waals surface area contributed by atoms with Gasteiger partial charge in [-0.2, -0.15) is 0 Å². The minimum Gasteiger partial charge on any atom is -0.497 e. The van der Waals surface area contributed by atoms with Crippen LogP contribution in [0.4, 0.5) is 0 Å². The van der Waals surface area contributed by atoms with Crippen molar-refractivity contribution in [3.05, 3.63) is 48.0 Å². The Morgan fingerprint density at radius 3 is 2.50 bits per heavy atom. The maximum absolute atomic E-state index is 5.12. The molecule has 0 fully saturated rings. The number of ether oxygens (including phenoxy) is 1. The predicted octanol–water partition coefficient (Wildman–Crippen LogP) is 0.760. The van der Waals surface area contributed by atoms with Crippen LogP contribution in [0.15, 0.2) is 36.7 Å². The molecule has 3 N–H and O–H groups in total. The van der Waals surface area contributed by atoms with E-state index in [4.69, 9.17) is 4.74 Å². The number of quaternary nitrogens is 1. The van der Waals surface area contributed by atoms with Crippen LogP contribution in [0.25, 0.3) is 0 Å². The molecule has 84 valence electrons. The van der Waals surface area contributed by atoms with Gasteiger partial charge in [-0.25, -0.2) is 4.98 Å². The highest BCUT2D eigenvalue weighted by Gasteiger charge is 2.16. The summed E-state index contributed by atoms with van der Waals surface area (Å²) < 4.78 is 7.11. The summed E-state index contributed by atoms with van der Waals surface area (Å²) in [5.41, 5.74) is 5.28. The first-order valence-corrected chi connectivity index (χ1v) is 5.16. The molecular formula is C12H16N3O+. The van der Waals surface area contributed by atoms with Crippen molar-refractivity contribution in [1.29, 1.82) is 0 Å². The van der Waals surface area contributed by atoms with E-state index in [0.29, 0.717) is 0 Å². The highest BCUT2D eigenvalue weighted by Crippen LogP contribution is 2.18. The molecule has 2 aromatic rings. The molecule has 1 heterocycles. The first-order chi connectivity index (χ1) is 7.72. The number of hydrogen-bond donors (Lipinski definition) is 1. The van der Waals surface area contributed by atoms with Crippen LogP contribution in [0, 0.1) is 0 Å².